The number of hydrogen-bond donors (Lipinski definition) is 2. The Balaban J connectivity index is 2.77. The van der Waals surface area contributed by atoms with E-state index < -0.39 is 5.97 Å². The van der Waals surface area contributed by atoms with Crippen LogP contribution in [0.4, 0.5) is 5.69 Å². The second kappa shape index (κ2) is 7.69. The first-order chi connectivity index (χ1) is 10.0. The Morgan fingerprint density at radius 2 is 2.10 bits per heavy atom. The van der Waals surface area contributed by atoms with Gasteiger partial charge < -0.3 is 15.8 Å². The molecule has 0 saturated heterocycles. The molecule has 0 aromatic heterocycles. The smallest absolute Gasteiger partial charge is 0.339 e. The van der Waals surface area contributed by atoms with Gasteiger partial charge in [-0.3, -0.25) is 4.79 Å². The minimum Gasteiger partial charge on any atom is -0.465 e. The zero-order chi connectivity index (χ0) is 15.8. The molecule has 0 radical (unpaired) electrons. The van der Waals surface area contributed by atoms with Crippen LogP contribution in [0.15, 0.2) is 55.2 Å². The van der Waals surface area contributed by atoms with Crippen LogP contribution in [0.3, 0.4) is 0 Å². The molecule has 110 valence electrons. The van der Waals surface area contributed by atoms with Crippen LogP contribution in [-0.2, 0) is 16.1 Å². The largest absolute Gasteiger partial charge is 0.465 e. The SMILES string of the molecule is C=C/C=C(\C=C)C(=O)NCc1ccc(C(=O)OC)c(N)c1. The van der Waals surface area contributed by atoms with E-state index >= 15 is 0 Å². The summed E-state index contributed by atoms with van der Waals surface area (Å²) in [7, 11) is 1.29. The van der Waals surface area contributed by atoms with Gasteiger partial charge >= 0.3 is 5.97 Å². The first kappa shape index (κ1) is 16.2. The highest BCUT2D eigenvalue weighted by Gasteiger charge is 2.11. The van der Waals surface area contributed by atoms with Gasteiger partial charge in [0.15, 0.2) is 0 Å². The lowest BCUT2D eigenvalue weighted by molar-refractivity contribution is -0.117. The molecule has 0 unspecified atom stereocenters. The molecular weight excluding hydrogens is 268 g/mol. The lowest BCUT2D eigenvalue weighted by atomic mass is 10.1. The number of nitrogens with one attached hydrogen (secondary N) is 1. The number of rotatable bonds is 6. The lowest BCUT2D eigenvalue weighted by Crippen LogP contribution is -2.23. The molecule has 0 spiro atoms. The third-order valence-corrected chi connectivity index (χ3v) is 2.75. The van der Waals surface area contributed by atoms with Gasteiger partial charge in [-0.15, -0.1) is 0 Å². The van der Waals surface area contributed by atoms with E-state index in [2.05, 4.69) is 23.2 Å². The van der Waals surface area contributed by atoms with Crippen molar-refractivity contribution in [2.24, 2.45) is 0 Å². The highest BCUT2D eigenvalue weighted by Crippen LogP contribution is 2.15. The molecule has 0 aliphatic heterocycles. The number of anilines is 1. The maximum absolute atomic E-state index is 11.8. The summed E-state index contributed by atoms with van der Waals surface area (Å²) in [5.74, 6) is -0.758. The monoisotopic (exact) mass is 286 g/mol. The van der Waals surface area contributed by atoms with Crippen molar-refractivity contribution in [3.8, 4) is 0 Å². The average molecular weight is 286 g/mol. The van der Waals surface area contributed by atoms with Crippen LogP contribution in [0.1, 0.15) is 15.9 Å². The number of amides is 1. The first-order valence-corrected chi connectivity index (χ1v) is 6.23. The van der Waals surface area contributed by atoms with Crippen molar-refractivity contribution in [2.45, 2.75) is 6.54 Å². The summed E-state index contributed by atoms with van der Waals surface area (Å²) in [6, 6.07) is 4.89. The molecule has 0 aliphatic carbocycles. The lowest BCUT2D eigenvalue weighted by Gasteiger charge is -2.08. The van der Waals surface area contributed by atoms with Crippen LogP contribution >= 0.6 is 0 Å². The predicted molar refractivity (Wildman–Crippen MR) is 82.5 cm³/mol. The molecule has 5 nitrogen and oxygen atoms in total. The topological polar surface area (TPSA) is 81.4 Å². The van der Waals surface area contributed by atoms with Crippen LogP contribution < -0.4 is 11.1 Å². The summed E-state index contributed by atoms with van der Waals surface area (Å²) in [5, 5.41) is 2.73. The molecule has 0 aliphatic rings. The molecule has 3 N–H and O–H groups in total. The Kier molecular flexibility index (Phi) is 5.95. The number of esters is 1. The van der Waals surface area contributed by atoms with Gasteiger partial charge in [-0.05, 0) is 17.7 Å². The molecular formula is C16H18N2O3. The second-order valence-corrected chi connectivity index (χ2v) is 4.16. The second-order valence-electron chi connectivity index (χ2n) is 4.16. The number of ether oxygens (including phenoxy) is 1. The Morgan fingerprint density at radius 1 is 1.38 bits per heavy atom. The maximum atomic E-state index is 11.8. The molecule has 0 fully saturated rings. The zero-order valence-corrected chi connectivity index (χ0v) is 11.9. The molecule has 1 aromatic rings. The van der Waals surface area contributed by atoms with Gasteiger partial charge in [0.2, 0.25) is 0 Å². The van der Waals surface area contributed by atoms with E-state index in [1.807, 2.05) is 0 Å². The van der Waals surface area contributed by atoms with E-state index in [9.17, 15) is 9.59 Å². The van der Waals surface area contributed by atoms with E-state index in [0.717, 1.165) is 5.56 Å². The Hall–Kier alpha value is -2.82. The highest BCUT2D eigenvalue weighted by atomic mass is 16.5. The standard InChI is InChI=1S/C16H18N2O3/c1-4-6-12(5-2)15(19)18-10-11-7-8-13(14(17)9-11)16(20)21-3/h4-9H,1-2,10,17H2,3H3,(H,18,19)/b12-6+. The van der Waals surface area contributed by atoms with Gasteiger partial charge in [0.25, 0.3) is 5.91 Å². The Morgan fingerprint density at radius 3 is 2.62 bits per heavy atom. The molecule has 1 aromatic carbocycles. The number of nitrogen functional groups attached to an aromatic ring is 1. The summed E-state index contributed by atoms with van der Waals surface area (Å²) >= 11 is 0. The molecule has 0 saturated carbocycles. The highest BCUT2D eigenvalue weighted by molar-refractivity contribution is 5.96. The fraction of sp³-hybridized carbons (Fsp3) is 0.125. The van der Waals surface area contributed by atoms with E-state index in [1.54, 1.807) is 24.3 Å². The first-order valence-electron chi connectivity index (χ1n) is 6.23. The van der Waals surface area contributed by atoms with Crippen LogP contribution in [-0.4, -0.2) is 19.0 Å². The van der Waals surface area contributed by atoms with Gasteiger partial charge in [0, 0.05) is 17.8 Å². The quantitative estimate of drug-likeness (QED) is 0.362. The fourth-order valence-corrected chi connectivity index (χ4v) is 1.67. The third kappa shape index (κ3) is 4.35. The zero-order valence-electron chi connectivity index (χ0n) is 11.9. The van der Waals surface area contributed by atoms with Crippen LogP contribution in [0.25, 0.3) is 0 Å². The number of carbonyl (C=O) groups excluding carboxylic acids is 2. The molecule has 5 heteroatoms. The van der Waals surface area contributed by atoms with Crippen molar-refractivity contribution >= 4 is 17.6 Å². The predicted octanol–water partition coefficient (Wildman–Crippen LogP) is 1.97. The summed E-state index contributed by atoms with van der Waals surface area (Å²) in [6.45, 7) is 7.38. The molecule has 1 amide bonds. The summed E-state index contributed by atoms with van der Waals surface area (Å²) < 4.78 is 4.61. The van der Waals surface area contributed by atoms with E-state index in [1.165, 1.54) is 19.3 Å². The van der Waals surface area contributed by atoms with Crippen LogP contribution in [0, 0.1) is 0 Å². The minimum atomic E-state index is -0.494. The molecule has 0 bridgehead atoms. The normalized spacial score (nSPS) is 10.6. The van der Waals surface area contributed by atoms with Crippen molar-refractivity contribution in [3.63, 3.8) is 0 Å². The minimum absolute atomic E-state index is 0.263. The summed E-state index contributed by atoms with van der Waals surface area (Å²) in [6.07, 6.45) is 4.53. The van der Waals surface area contributed by atoms with Crippen molar-refractivity contribution in [1.82, 2.24) is 5.32 Å². The number of allylic oxidation sites excluding steroid dienone is 2. The van der Waals surface area contributed by atoms with Gasteiger partial charge in [0.05, 0.1) is 12.7 Å². The number of benzene rings is 1. The Labute approximate surface area is 123 Å². The molecule has 21 heavy (non-hydrogen) atoms. The van der Waals surface area contributed by atoms with Gasteiger partial charge in [-0.2, -0.15) is 0 Å². The Bertz CT molecular complexity index is 604. The third-order valence-electron chi connectivity index (χ3n) is 2.75. The summed E-state index contributed by atoms with van der Waals surface area (Å²) in [5.41, 5.74) is 7.58. The number of methoxy groups -OCH3 is 1. The van der Waals surface area contributed by atoms with Crippen molar-refractivity contribution < 1.29 is 14.3 Å². The molecule has 1 rings (SSSR count). The van der Waals surface area contributed by atoms with Gasteiger partial charge in [-0.1, -0.05) is 37.5 Å². The van der Waals surface area contributed by atoms with E-state index in [4.69, 9.17) is 5.73 Å². The van der Waals surface area contributed by atoms with Crippen LogP contribution in [0.5, 0.6) is 0 Å². The van der Waals surface area contributed by atoms with Crippen molar-refractivity contribution in [3.05, 3.63) is 66.3 Å². The van der Waals surface area contributed by atoms with Crippen LogP contribution in [0.2, 0.25) is 0 Å². The number of nitrogens with two attached hydrogens (primary N) is 1. The number of hydrogen-bond acceptors (Lipinski definition) is 4. The molecule has 0 atom stereocenters. The van der Waals surface area contributed by atoms with Crippen molar-refractivity contribution in [2.75, 3.05) is 12.8 Å². The average Bonchev–Trinajstić information content (AvgIpc) is 2.49. The maximum Gasteiger partial charge on any atom is 0.339 e. The summed E-state index contributed by atoms with van der Waals surface area (Å²) in [4.78, 5) is 23.3. The fourth-order valence-electron chi connectivity index (χ4n) is 1.67. The number of carbonyl (C=O) groups is 2. The van der Waals surface area contributed by atoms with Crippen molar-refractivity contribution in [1.29, 1.82) is 0 Å². The molecule has 0 heterocycles. The van der Waals surface area contributed by atoms with E-state index in [0.29, 0.717) is 16.8 Å². The van der Waals surface area contributed by atoms with Gasteiger partial charge in [-0.25, -0.2) is 4.79 Å². The van der Waals surface area contributed by atoms with E-state index in [-0.39, 0.29) is 12.5 Å². The van der Waals surface area contributed by atoms with Gasteiger partial charge in [0.1, 0.15) is 0 Å².